The average molecular weight is 288 g/mol. The Bertz CT molecular complexity index is 634. The fraction of sp³-hybridized carbons (Fsp3) is 0.0714. The van der Waals surface area contributed by atoms with Gasteiger partial charge in [0.15, 0.2) is 0 Å². The summed E-state index contributed by atoms with van der Waals surface area (Å²) >= 11 is 0. The molecule has 21 heavy (non-hydrogen) atoms. The number of nitrogens with one attached hydrogen (secondary N) is 3. The van der Waals surface area contributed by atoms with E-state index in [1.165, 1.54) is 18.3 Å². The van der Waals surface area contributed by atoms with Crippen LogP contribution in [0.4, 0.5) is 20.6 Å². The van der Waals surface area contributed by atoms with Gasteiger partial charge in [-0.15, -0.1) is 0 Å². The molecule has 0 bridgehead atoms. The second-order valence-electron chi connectivity index (χ2n) is 4.17. The van der Waals surface area contributed by atoms with Crippen molar-refractivity contribution in [1.29, 1.82) is 0 Å². The minimum absolute atomic E-state index is 0.181. The van der Waals surface area contributed by atoms with E-state index in [0.29, 0.717) is 23.3 Å². The number of rotatable bonds is 5. The number of nitrogens with zero attached hydrogens (tertiary/aromatic N) is 1. The number of anilines is 2. The molecule has 1 heterocycles. The van der Waals surface area contributed by atoms with Crippen LogP contribution in [0, 0.1) is 5.82 Å². The lowest BCUT2D eigenvalue weighted by Crippen LogP contribution is -2.20. The highest BCUT2D eigenvalue weighted by Gasteiger charge is 2.05. The van der Waals surface area contributed by atoms with Crippen LogP contribution in [0.25, 0.3) is 0 Å². The Morgan fingerprint density at radius 1 is 1.24 bits per heavy atom. The Hall–Kier alpha value is -2.96. The number of carbonyl (C=O) groups excluding carboxylic acids is 2. The summed E-state index contributed by atoms with van der Waals surface area (Å²) < 4.78 is 13.4. The second-order valence-corrected chi connectivity index (χ2v) is 4.17. The highest BCUT2D eigenvalue weighted by Crippen LogP contribution is 2.14. The van der Waals surface area contributed by atoms with Gasteiger partial charge in [-0.2, -0.15) is 0 Å². The molecule has 7 heteroatoms. The number of benzene rings is 1. The Kier molecular flexibility index (Phi) is 4.81. The number of hydrogen-bond acceptors (Lipinski definition) is 3. The molecule has 2 aromatic rings. The van der Waals surface area contributed by atoms with Crippen LogP contribution < -0.4 is 16.0 Å². The molecule has 0 aliphatic heterocycles. The predicted molar refractivity (Wildman–Crippen MR) is 76.2 cm³/mol. The van der Waals surface area contributed by atoms with Crippen LogP contribution in [0.2, 0.25) is 0 Å². The molecule has 3 N–H and O–H groups in total. The first-order valence-electron chi connectivity index (χ1n) is 6.12. The van der Waals surface area contributed by atoms with Crippen LogP contribution in [-0.2, 0) is 11.3 Å². The van der Waals surface area contributed by atoms with Crippen LogP contribution in [0.1, 0.15) is 5.56 Å². The van der Waals surface area contributed by atoms with Gasteiger partial charge in [-0.1, -0.05) is 0 Å². The fourth-order valence-corrected chi connectivity index (χ4v) is 1.71. The maximum Gasteiger partial charge on any atom is 0.323 e. The fourth-order valence-electron chi connectivity index (χ4n) is 1.71. The van der Waals surface area contributed by atoms with E-state index in [9.17, 15) is 14.0 Å². The molecule has 0 aliphatic rings. The van der Waals surface area contributed by atoms with E-state index in [0.717, 1.165) is 0 Å². The molecular weight excluding hydrogens is 275 g/mol. The van der Waals surface area contributed by atoms with Gasteiger partial charge in [0, 0.05) is 18.4 Å². The zero-order chi connectivity index (χ0) is 15.1. The minimum Gasteiger partial charge on any atom is -0.355 e. The van der Waals surface area contributed by atoms with E-state index in [1.54, 1.807) is 24.4 Å². The normalized spacial score (nSPS) is 9.76. The number of aromatic nitrogens is 1. The van der Waals surface area contributed by atoms with Crippen molar-refractivity contribution in [3.05, 3.63) is 54.1 Å². The standard InChI is InChI=1S/C14H13FN4O2/c15-11-4-10(7-17-9-20)5-13(6-11)19-14(21)18-12-2-1-3-16-8-12/h1-6,8-9H,7H2,(H,17,20)(H2,18,19,21). The van der Waals surface area contributed by atoms with Crippen LogP contribution in [0.3, 0.4) is 0 Å². The predicted octanol–water partition coefficient (Wildman–Crippen LogP) is 2.11. The monoisotopic (exact) mass is 288 g/mol. The number of amides is 3. The van der Waals surface area contributed by atoms with Gasteiger partial charge in [0.25, 0.3) is 0 Å². The third kappa shape index (κ3) is 4.57. The largest absolute Gasteiger partial charge is 0.355 e. The van der Waals surface area contributed by atoms with Crippen molar-refractivity contribution < 1.29 is 14.0 Å². The molecule has 1 aromatic heterocycles. The molecule has 3 amide bonds. The van der Waals surface area contributed by atoms with Gasteiger partial charge in [0.05, 0.1) is 11.9 Å². The van der Waals surface area contributed by atoms with E-state index >= 15 is 0 Å². The van der Waals surface area contributed by atoms with Crippen molar-refractivity contribution >= 4 is 23.8 Å². The molecule has 6 nitrogen and oxygen atoms in total. The number of hydrogen-bond donors (Lipinski definition) is 3. The molecule has 2 rings (SSSR count). The SMILES string of the molecule is O=CNCc1cc(F)cc(NC(=O)Nc2cccnc2)c1. The topological polar surface area (TPSA) is 83.1 Å². The Balaban J connectivity index is 2.03. The van der Waals surface area contributed by atoms with E-state index in [4.69, 9.17) is 0 Å². The molecule has 0 saturated carbocycles. The van der Waals surface area contributed by atoms with Crippen LogP contribution in [0.15, 0.2) is 42.7 Å². The highest BCUT2D eigenvalue weighted by atomic mass is 19.1. The van der Waals surface area contributed by atoms with Crippen LogP contribution >= 0.6 is 0 Å². The van der Waals surface area contributed by atoms with E-state index in [1.807, 2.05) is 0 Å². The van der Waals surface area contributed by atoms with Crippen molar-refractivity contribution in [2.75, 3.05) is 10.6 Å². The Morgan fingerprint density at radius 3 is 2.76 bits per heavy atom. The summed E-state index contributed by atoms with van der Waals surface area (Å²) in [6.45, 7) is 0.181. The Labute approximate surface area is 120 Å². The molecule has 0 spiro atoms. The number of halogens is 1. The smallest absolute Gasteiger partial charge is 0.323 e. The first kappa shape index (κ1) is 14.4. The molecule has 108 valence electrons. The number of carbonyl (C=O) groups is 2. The van der Waals surface area contributed by atoms with Gasteiger partial charge < -0.3 is 16.0 Å². The quantitative estimate of drug-likeness (QED) is 0.737. The summed E-state index contributed by atoms with van der Waals surface area (Å²) in [5.41, 5.74) is 1.35. The third-order valence-electron chi connectivity index (χ3n) is 2.52. The molecule has 0 unspecified atom stereocenters. The van der Waals surface area contributed by atoms with Gasteiger partial charge in [-0.25, -0.2) is 9.18 Å². The van der Waals surface area contributed by atoms with Gasteiger partial charge in [0.1, 0.15) is 5.82 Å². The van der Waals surface area contributed by atoms with Crippen molar-refractivity contribution in [2.45, 2.75) is 6.54 Å². The summed E-state index contributed by atoms with van der Waals surface area (Å²) in [4.78, 5) is 25.9. The van der Waals surface area contributed by atoms with Gasteiger partial charge in [0.2, 0.25) is 6.41 Å². The van der Waals surface area contributed by atoms with Crippen molar-refractivity contribution in [1.82, 2.24) is 10.3 Å². The lowest BCUT2D eigenvalue weighted by molar-refractivity contribution is -0.109. The lowest BCUT2D eigenvalue weighted by atomic mass is 10.2. The van der Waals surface area contributed by atoms with Gasteiger partial charge in [-0.05, 0) is 35.9 Å². The number of urea groups is 1. The molecule has 0 saturated heterocycles. The van der Waals surface area contributed by atoms with E-state index in [-0.39, 0.29) is 6.54 Å². The van der Waals surface area contributed by atoms with Gasteiger partial charge >= 0.3 is 6.03 Å². The molecule has 0 aliphatic carbocycles. The van der Waals surface area contributed by atoms with Crippen LogP contribution in [-0.4, -0.2) is 17.4 Å². The zero-order valence-electron chi connectivity index (χ0n) is 11.0. The lowest BCUT2D eigenvalue weighted by Gasteiger charge is -2.09. The van der Waals surface area contributed by atoms with Crippen LogP contribution in [0.5, 0.6) is 0 Å². The second kappa shape index (κ2) is 6.99. The summed E-state index contributed by atoms with van der Waals surface area (Å²) in [5.74, 6) is -0.503. The Morgan fingerprint density at radius 2 is 2.05 bits per heavy atom. The maximum atomic E-state index is 13.4. The molecule has 0 atom stereocenters. The first-order chi connectivity index (χ1) is 10.2. The molecular formula is C14H13FN4O2. The molecule has 0 radical (unpaired) electrons. The highest BCUT2D eigenvalue weighted by molar-refractivity contribution is 5.99. The summed E-state index contributed by atoms with van der Waals surface area (Å²) in [7, 11) is 0. The third-order valence-corrected chi connectivity index (χ3v) is 2.52. The molecule has 0 fully saturated rings. The number of pyridine rings is 1. The summed E-state index contributed by atoms with van der Waals surface area (Å²) in [6, 6.07) is 6.89. The first-order valence-corrected chi connectivity index (χ1v) is 6.12. The minimum atomic E-state index is -0.511. The summed E-state index contributed by atoms with van der Waals surface area (Å²) in [5, 5.41) is 7.51. The molecule has 1 aromatic carbocycles. The summed E-state index contributed by atoms with van der Waals surface area (Å²) in [6.07, 6.45) is 3.60. The zero-order valence-corrected chi connectivity index (χ0v) is 11.0. The van der Waals surface area contributed by atoms with E-state index < -0.39 is 11.8 Å². The van der Waals surface area contributed by atoms with E-state index in [2.05, 4.69) is 20.9 Å². The van der Waals surface area contributed by atoms with Crippen molar-refractivity contribution in [3.63, 3.8) is 0 Å². The van der Waals surface area contributed by atoms with Crippen molar-refractivity contribution in [2.24, 2.45) is 0 Å². The van der Waals surface area contributed by atoms with Gasteiger partial charge in [-0.3, -0.25) is 9.78 Å². The average Bonchev–Trinajstić information content (AvgIpc) is 2.45. The van der Waals surface area contributed by atoms with Crippen molar-refractivity contribution in [3.8, 4) is 0 Å². The maximum absolute atomic E-state index is 13.4.